The Balaban J connectivity index is 1.35. The first-order valence-electron chi connectivity index (χ1n) is 17.3. The summed E-state index contributed by atoms with van der Waals surface area (Å²) in [5, 5.41) is 15.9. The lowest BCUT2D eigenvalue weighted by Gasteiger charge is -2.36. The van der Waals surface area contributed by atoms with Crippen LogP contribution in [-0.2, 0) is 11.3 Å². The first kappa shape index (κ1) is 36.8. The van der Waals surface area contributed by atoms with E-state index in [1.807, 2.05) is 32.0 Å². The summed E-state index contributed by atoms with van der Waals surface area (Å²) in [6.45, 7) is 8.15. The van der Waals surface area contributed by atoms with Gasteiger partial charge in [0, 0.05) is 43.5 Å². The third kappa shape index (κ3) is 9.80. The van der Waals surface area contributed by atoms with E-state index in [-0.39, 0.29) is 37.4 Å². The Hall–Kier alpha value is -4.52. The number of nitrogens with one attached hydrogen (secondary N) is 2. The van der Waals surface area contributed by atoms with E-state index in [2.05, 4.69) is 29.5 Å². The molecule has 0 spiro atoms. The van der Waals surface area contributed by atoms with Crippen molar-refractivity contribution in [3.8, 4) is 23.0 Å². The molecule has 2 aliphatic rings. The van der Waals surface area contributed by atoms with Crippen LogP contribution in [0.25, 0.3) is 0 Å². The quantitative estimate of drug-likeness (QED) is 0.248. The number of hydrogen-bond donors (Lipinski definition) is 3. The molecule has 0 bridgehead atoms. The number of fused-ring (bicyclic) bond motifs is 2. The number of methoxy groups -OCH3 is 1. The van der Waals surface area contributed by atoms with E-state index in [0.717, 1.165) is 36.3 Å². The molecule has 0 unspecified atom stereocenters. The molecule has 3 aromatic rings. The molecule has 12 nitrogen and oxygen atoms in total. The van der Waals surface area contributed by atoms with Gasteiger partial charge in [-0.2, -0.15) is 0 Å². The van der Waals surface area contributed by atoms with Crippen LogP contribution in [0.5, 0.6) is 23.0 Å². The number of urea groups is 1. The van der Waals surface area contributed by atoms with Crippen LogP contribution in [0.1, 0.15) is 56.0 Å². The van der Waals surface area contributed by atoms with Crippen LogP contribution in [0.2, 0.25) is 0 Å². The van der Waals surface area contributed by atoms with E-state index in [1.54, 1.807) is 54.5 Å². The summed E-state index contributed by atoms with van der Waals surface area (Å²) < 4.78 is 29.1. The fourth-order valence-corrected chi connectivity index (χ4v) is 6.15. The highest BCUT2D eigenvalue weighted by atomic mass is 16.7. The van der Waals surface area contributed by atoms with Crippen molar-refractivity contribution in [2.24, 2.45) is 5.92 Å². The van der Waals surface area contributed by atoms with Crippen molar-refractivity contribution in [1.82, 2.24) is 9.80 Å². The maximum absolute atomic E-state index is 14.4. The number of hydrogen-bond acceptors (Lipinski definition) is 9. The summed E-state index contributed by atoms with van der Waals surface area (Å²) in [6, 6.07) is 17.1. The maximum atomic E-state index is 14.4. The number of carbonyl (C=O) groups excluding carboxylic acids is 2. The van der Waals surface area contributed by atoms with Gasteiger partial charge in [-0.15, -0.1) is 0 Å². The molecule has 0 saturated carbocycles. The van der Waals surface area contributed by atoms with Crippen LogP contribution in [0.3, 0.4) is 0 Å². The molecule has 0 radical (unpaired) electrons. The second-order valence-corrected chi connectivity index (χ2v) is 13.2. The van der Waals surface area contributed by atoms with Crippen molar-refractivity contribution < 1.29 is 38.4 Å². The topological polar surface area (TPSA) is 131 Å². The summed E-state index contributed by atoms with van der Waals surface area (Å²) in [7, 11) is 3.63. The molecule has 3 amide bonds. The van der Waals surface area contributed by atoms with Crippen molar-refractivity contribution in [2.75, 3.05) is 57.9 Å². The zero-order chi connectivity index (χ0) is 35.6. The van der Waals surface area contributed by atoms with Crippen LogP contribution in [0.4, 0.5) is 16.2 Å². The number of ether oxygens (including phenoxy) is 5. The predicted octanol–water partition coefficient (Wildman–Crippen LogP) is 6.00. The Morgan fingerprint density at radius 1 is 1.00 bits per heavy atom. The summed E-state index contributed by atoms with van der Waals surface area (Å²) >= 11 is 0. The van der Waals surface area contributed by atoms with E-state index in [1.165, 1.54) is 0 Å². The average Bonchev–Trinajstić information content (AvgIpc) is 3.58. The molecule has 4 atom stereocenters. The molecule has 2 heterocycles. The van der Waals surface area contributed by atoms with Gasteiger partial charge >= 0.3 is 6.03 Å². The lowest BCUT2D eigenvalue weighted by molar-refractivity contribution is -0.0177. The van der Waals surface area contributed by atoms with Gasteiger partial charge in [-0.1, -0.05) is 13.0 Å². The standard InChI is InChI=1S/C38H50N4O8/c1-25-20-42(26(2)23-43)37(44)32-19-30(40-38(45)39-29-10-13-31(46-5)14-11-29)12-16-33(32)50-27(3)8-6-7-17-47-36(25)22-41(4)21-28-9-15-34-35(18-28)49-24-48-34/h9-16,18-19,25-27,36,43H,6-8,17,20-24H2,1-5H3,(H2,39,40,45)/t25-,26+,27-,36-/m1/s1. The number of carbonyl (C=O) groups is 2. The smallest absolute Gasteiger partial charge is 0.323 e. The fraction of sp³-hybridized carbons (Fsp3) is 0.474. The van der Waals surface area contributed by atoms with Crippen LogP contribution in [-0.4, -0.2) is 92.3 Å². The summed E-state index contributed by atoms with van der Waals surface area (Å²) in [4.78, 5) is 31.2. The second-order valence-electron chi connectivity index (χ2n) is 13.2. The fourth-order valence-electron chi connectivity index (χ4n) is 6.15. The van der Waals surface area contributed by atoms with Crippen molar-refractivity contribution in [3.63, 3.8) is 0 Å². The van der Waals surface area contributed by atoms with Crippen molar-refractivity contribution in [3.05, 3.63) is 71.8 Å². The van der Waals surface area contributed by atoms with Gasteiger partial charge in [0.1, 0.15) is 11.5 Å². The molecule has 0 fully saturated rings. The highest BCUT2D eigenvalue weighted by molar-refractivity contribution is 6.02. The Bertz CT molecular complexity index is 1590. The van der Waals surface area contributed by atoms with Gasteiger partial charge in [0.05, 0.1) is 37.5 Å². The Morgan fingerprint density at radius 3 is 2.48 bits per heavy atom. The van der Waals surface area contributed by atoms with Gasteiger partial charge in [-0.05, 0) is 100 Å². The minimum Gasteiger partial charge on any atom is -0.497 e. The highest BCUT2D eigenvalue weighted by Crippen LogP contribution is 2.33. The monoisotopic (exact) mass is 690 g/mol. The van der Waals surface area contributed by atoms with E-state index in [9.17, 15) is 14.7 Å². The first-order chi connectivity index (χ1) is 24.1. The highest BCUT2D eigenvalue weighted by Gasteiger charge is 2.30. The van der Waals surface area contributed by atoms with Crippen LogP contribution in [0.15, 0.2) is 60.7 Å². The predicted molar refractivity (Wildman–Crippen MR) is 191 cm³/mol. The minimum absolute atomic E-state index is 0.0741. The SMILES string of the molecule is COc1ccc(NC(=O)Nc2ccc3c(c2)C(=O)N([C@@H](C)CO)C[C@@H](C)[C@@H](CN(C)Cc2ccc4c(c2)OCO4)OCCCC[C@@H](C)O3)cc1. The molecule has 3 N–H and O–H groups in total. The minimum atomic E-state index is -0.481. The van der Waals surface area contributed by atoms with E-state index < -0.39 is 12.1 Å². The molecule has 2 aliphatic heterocycles. The third-order valence-corrected chi connectivity index (χ3v) is 9.04. The van der Waals surface area contributed by atoms with Crippen LogP contribution in [0, 0.1) is 5.92 Å². The van der Waals surface area contributed by atoms with Crippen molar-refractivity contribution in [1.29, 1.82) is 0 Å². The summed E-state index contributed by atoms with van der Waals surface area (Å²) in [5.41, 5.74) is 2.42. The molecule has 12 heteroatoms. The number of benzene rings is 3. The maximum Gasteiger partial charge on any atom is 0.323 e. The van der Waals surface area contributed by atoms with Gasteiger partial charge < -0.3 is 44.3 Å². The van der Waals surface area contributed by atoms with Gasteiger partial charge in [0.15, 0.2) is 11.5 Å². The zero-order valence-corrected chi connectivity index (χ0v) is 29.6. The van der Waals surface area contributed by atoms with E-state index >= 15 is 0 Å². The van der Waals surface area contributed by atoms with Gasteiger partial charge in [0.25, 0.3) is 5.91 Å². The number of rotatable bonds is 9. The molecular formula is C38H50N4O8. The number of likely N-dealkylation sites (N-methyl/N-ethyl adjacent to an activating group) is 1. The molecular weight excluding hydrogens is 640 g/mol. The number of amides is 3. The first-order valence-corrected chi connectivity index (χ1v) is 17.3. The number of aliphatic hydroxyl groups excluding tert-OH is 1. The molecule has 50 heavy (non-hydrogen) atoms. The average molecular weight is 691 g/mol. The zero-order valence-electron chi connectivity index (χ0n) is 29.6. The van der Waals surface area contributed by atoms with Crippen molar-refractivity contribution in [2.45, 2.75) is 64.8 Å². The lowest BCUT2D eigenvalue weighted by Crippen LogP contribution is -2.47. The van der Waals surface area contributed by atoms with Crippen molar-refractivity contribution >= 4 is 23.3 Å². The Morgan fingerprint density at radius 2 is 1.72 bits per heavy atom. The second kappa shape index (κ2) is 17.4. The largest absolute Gasteiger partial charge is 0.497 e. The molecule has 270 valence electrons. The molecule has 3 aromatic carbocycles. The summed E-state index contributed by atoms with van der Waals surface area (Å²) in [6.07, 6.45) is 2.21. The normalized spacial score (nSPS) is 20.3. The van der Waals surface area contributed by atoms with Crippen LogP contribution < -0.4 is 29.6 Å². The van der Waals surface area contributed by atoms with Gasteiger partial charge in [-0.3, -0.25) is 9.69 Å². The molecule has 0 aromatic heterocycles. The lowest BCUT2D eigenvalue weighted by atomic mass is 10.0. The Labute approximate surface area is 294 Å². The summed E-state index contributed by atoms with van der Waals surface area (Å²) in [5.74, 6) is 2.24. The molecule has 0 saturated heterocycles. The number of aliphatic hydroxyl groups is 1. The van der Waals surface area contributed by atoms with E-state index in [0.29, 0.717) is 54.7 Å². The molecule has 5 rings (SSSR count). The van der Waals surface area contributed by atoms with Gasteiger partial charge in [0.2, 0.25) is 6.79 Å². The van der Waals surface area contributed by atoms with Crippen LogP contribution >= 0.6 is 0 Å². The Kier molecular flexibility index (Phi) is 12.8. The van der Waals surface area contributed by atoms with Gasteiger partial charge in [-0.25, -0.2) is 4.79 Å². The van der Waals surface area contributed by atoms with E-state index in [4.69, 9.17) is 23.7 Å². The third-order valence-electron chi connectivity index (χ3n) is 9.04. The number of nitrogens with zero attached hydrogens (tertiary/aromatic N) is 2. The molecule has 0 aliphatic carbocycles. The number of anilines is 2.